The van der Waals surface area contributed by atoms with Crippen LogP contribution in [0.15, 0.2) is 77.7 Å². The molecule has 202 valence electrons. The van der Waals surface area contributed by atoms with Crippen LogP contribution in [0.5, 0.6) is 0 Å². The molecule has 0 radical (unpaired) electrons. The Labute approximate surface area is 218 Å². The number of amides is 1. The van der Waals surface area contributed by atoms with Crippen molar-refractivity contribution < 1.29 is 36.3 Å². The molecular weight excluding hydrogens is 521 g/mol. The first-order chi connectivity index (χ1) is 17.7. The number of hydrogen-bond donors (Lipinski definition) is 3. The molecule has 0 atom stereocenters. The van der Waals surface area contributed by atoms with E-state index in [1.54, 1.807) is 31.2 Å². The van der Waals surface area contributed by atoms with E-state index >= 15 is 0 Å². The first-order valence-corrected chi connectivity index (χ1v) is 13.1. The van der Waals surface area contributed by atoms with Crippen LogP contribution >= 0.6 is 0 Å². The van der Waals surface area contributed by atoms with E-state index in [2.05, 4.69) is 10.0 Å². The van der Waals surface area contributed by atoms with Gasteiger partial charge in [0.2, 0.25) is 5.91 Å². The highest BCUT2D eigenvalue weighted by Gasteiger charge is 2.51. The van der Waals surface area contributed by atoms with Gasteiger partial charge in [0.25, 0.3) is 10.0 Å². The number of carbonyl (C=O) groups is 2. The second kappa shape index (κ2) is 11.3. The first-order valence-electron chi connectivity index (χ1n) is 11.6. The number of rotatable bonds is 7. The van der Waals surface area contributed by atoms with Crippen molar-refractivity contribution in [1.29, 1.82) is 0 Å². The van der Waals surface area contributed by atoms with E-state index in [9.17, 15) is 26.4 Å². The zero-order valence-corrected chi connectivity index (χ0v) is 21.5. The van der Waals surface area contributed by atoms with Gasteiger partial charge in [-0.25, -0.2) is 13.2 Å². The van der Waals surface area contributed by atoms with Gasteiger partial charge in [-0.3, -0.25) is 9.52 Å². The van der Waals surface area contributed by atoms with Crippen LogP contribution in [0, 0.1) is 13.8 Å². The van der Waals surface area contributed by atoms with Gasteiger partial charge in [0.05, 0.1) is 10.3 Å². The van der Waals surface area contributed by atoms with Crippen molar-refractivity contribution in [3.63, 3.8) is 0 Å². The third kappa shape index (κ3) is 7.12. The molecule has 1 saturated carbocycles. The zero-order chi connectivity index (χ0) is 28.1. The number of alkyl halides is 3. The van der Waals surface area contributed by atoms with Crippen LogP contribution in [0.4, 0.5) is 18.9 Å². The Morgan fingerprint density at radius 2 is 1.53 bits per heavy atom. The van der Waals surface area contributed by atoms with Gasteiger partial charge in [-0.05, 0) is 61.6 Å². The SMILES string of the molecule is Cc1ccc(S(=O)(=O)Nc2ccc(C3(C(=O)NCc4ccccc4)CC3)cc2)c(C)c1.O=C(O)C(F)(F)F. The van der Waals surface area contributed by atoms with Crippen molar-refractivity contribution in [2.24, 2.45) is 0 Å². The Bertz CT molecular complexity index is 1400. The second-order valence-corrected chi connectivity index (χ2v) is 10.7. The Kier molecular flexibility index (Phi) is 8.51. The van der Waals surface area contributed by atoms with Gasteiger partial charge in [-0.1, -0.05) is 60.2 Å². The van der Waals surface area contributed by atoms with Crippen molar-refractivity contribution in [3.8, 4) is 0 Å². The van der Waals surface area contributed by atoms with Crippen molar-refractivity contribution in [2.45, 2.75) is 49.7 Å². The number of hydrogen-bond acceptors (Lipinski definition) is 4. The minimum absolute atomic E-state index is 0.0139. The van der Waals surface area contributed by atoms with Gasteiger partial charge >= 0.3 is 12.1 Å². The summed E-state index contributed by atoms with van der Waals surface area (Å²) in [5.41, 5.74) is 3.65. The van der Waals surface area contributed by atoms with Crippen molar-refractivity contribution in [3.05, 3.63) is 95.1 Å². The number of carboxylic acid groups (broad SMARTS) is 1. The monoisotopic (exact) mass is 548 g/mol. The summed E-state index contributed by atoms with van der Waals surface area (Å²) < 4.78 is 59.9. The van der Waals surface area contributed by atoms with Gasteiger partial charge in [0, 0.05) is 12.2 Å². The maximum absolute atomic E-state index is 12.8. The molecule has 1 aliphatic carbocycles. The molecule has 0 spiro atoms. The Morgan fingerprint density at radius 1 is 0.947 bits per heavy atom. The number of aliphatic carboxylic acids is 1. The third-order valence-corrected chi connectivity index (χ3v) is 7.57. The molecule has 3 aromatic rings. The van der Waals surface area contributed by atoms with Crippen LogP contribution in [0.25, 0.3) is 0 Å². The van der Waals surface area contributed by atoms with Crippen LogP contribution in [0.2, 0.25) is 0 Å². The van der Waals surface area contributed by atoms with Crippen molar-refractivity contribution in [1.82, 2.24) is 5.32 Å². The van der Waals surface area contributed by atoms with Crippen LogP contribution in [-0.2, 0) is 31.6 Å². The Morgan fingerprint density at radius 3 is 2.03 bits per heavy atom. The van der Waals surface area contributed by atoms with Gasteiger partial charge in [-0.2, -0.15) is 13.2 Å². The molecule has 1 amide bonds. The van der Waals surface area contributed by atoms with E-state index < -0.39 is 27.6 Å². The molecule has 0 aliphatic heterocycles. The maximum atomic E-state index is 12.8. The maximum Gasteiger partial charge on any atom is 0.490 e. The average molecular weight is 549 g/mol. The number of aryl methyl sites for hydroxylation is 2. The van der Waals surface area contributed by atoms with Crippen LogP contribution in [-0.4, -0.2) is 31.6 Å². The molecule has 0 saturated heterocycles. The summed E-state index contributed by atoms with van der Waals surface area (Å²) in [5, 5.41) is 10.2. The predicted octanol–water partition coefficient (Wildman–Crippen LogP) is 5.09. The molecule has 7 nitrogen and oxygen atoms in total. The highest BCUT2D eigenvalue weighted by molar-refractivity contribution is 7.92. The zero-order valence-electron chi connectivity index (χ0n) is 20.7. The summed E-state index contributed by atoms with van der Waals surface area (Å²) in [4.78, 5) is 22.0. The summed E-state index contributed by atoms with van der Waals surface area (Å²) >= 11 is 0. The smallest absolute Gasteiger partial charge is 0.475 e. The molecule has 38 heavy (non-hydrogen) atoms. The molecule has 0 bridgehead atoms. The average Bonchev–Trinajstić information content (AvgIpc) is 3.65. The van der Waals surface area contributed by atoms with Crippen molar-refractivity contribution in [2.75, 3.05) is 4.72 Å². The highest BCUT2D eigenvalue weighted by atomic mass is 32.2. The number of halogens is 3. The molecule has 1 aliphatic rings. The highest BCUT2D eigenvalue weighted by Crippen LogP contribution is 2.48. The van der Waals surface area contributed by atoms with Crippen LogP contribution in [0.3, 0.4) is 0 Å². The lowest BCUT2D eigenvalue weighted by molar-refractivity contribution is -0.192. The molecule has 11 heteroatoms. The third-order valence-electron chi connectivity index (χ3n) is 6.03. The minimum Gasteiger partial charge on any atom is -0.475 e. The van der Waals surface area contributed by atoms with Gasteiger partial charge in [-0.15, -0.1) is 0 Å². The summed E-state index contributed by atoms with van der Waals surface area (Å²) in [6, 6.07) is 22.2. The molecule has 0 aromatic heterocycles. The van der Waals surface area contributed by atoms with Gasteiger partial charge in [0.15, 0.2) is 0 Å². The number of carbonyl (C=O) groups excluding carboxylic acids is 1. The van der Waals surface area contributed by atoms with Crippen LogP contribution in [0.1, 0.15) is 35.1 Å². The quantitative estimate of drug-likeness (QED) is 0.381. The lowest BCUT2D eigenvalue weighted by atomic mass is 9.94. The largest absolute Gasteiger partial charge is 0.490 e. The number of carboxylic acids is 1. The fraction of sp³-hybridized carbons (Fsp3) is 0.259. The number of nitrogens with one attached hydrogen (secondary N) is 2. The normalized spacial score (nSPS) is 14.0. The predicted molar refractivity (Wildman–Crippen MR) is 136 cm³/mol. The molecule has 3 N–H and O–H groups in total. The van der Waals surface area contributed by atoms with Gasteiger partial charge in [0.1, 0.15) is 0 Å². The standard InChI is InChI=1S/C25H26N2O3S.C2HF3O2/c1-18-8-13-23(19(2)16-18)31(29,30)27-22-11-9-21(10-12-22)25(14-15-25)24(28)26-17-20-6-4-3-5-7-20;3-2(4,5)1(6)7/h3-13,16,27H,14-15,17H2,1-2H3,(H,26,28);(H,6,7). The molecule has 3 aromatic carbocycles. The second-order valence-electron chi connectivity index (χ2n) is 9.01. The van der Waals surface area contributed by atoms with E-state index in [1.807, 2.05) is 55.5 Å². The molecule has 0 heterocycles. The molecule has 1 fully saturated rings. The van der Waals surface area contributed by atoms with Crippen molar-refractivity contribution >= 4 is 27.6 Å². The van der Waals surface area contributed by atoms with E-state index in [-0.39, 0.29) is 10.8 Å². The van der Waals surface area contributed by atoms with Crippen LogP contribution < -0.4 is 10.0 Å². The minimum atomic E-state index is -5.08. The van der Waals surface area contributed by atoms with Gasteiger partial charge < -0.3 is 10.4 Å². The number of sulfonamides is 1. The summed E-state index contributed by atoms with van der Waals surface area (Å²) in [6.07, 6.45) is -3.50. The number of benzene rings is 3. The summed E-state index contributed by atoms with van der Waals surface area (Å²) in [7, 11) is -3.68. The fourth-order valence-electron chi connectivity index (χ4n) is 3.89. The van der Waals surface area contributed by atoms with E-state index in [0.717, 1.165) is 29.5 Å². The molecule has 4 rings (SSSR count). The van der Waals surface area contributed by atoms with E-state index in [4.69, 9.17) is 9.90 Å². The topological polar surface area (TPSA) is 113 Å². The number of anilines is 1. The van der Waals surface area contributed by atoms with E-state index in [1.165, 1.54) is 0 Å². The van der Waals surface area contributed by atoms with E-state index in [0.29, 0.717) is 17.8 Å². The Balaban J connectivity index is 0.000000505. The summed E-state index contributed by atoms with van der Waals surface area (Å²) in [5.74, 6) is -2.74. The summed E-state index contributed by atoms with van der Waals surface area (Å²) in [6.45, 7) is 4.21. The lowest BCUT2D eigenvalue weighted by Crippen LogP contribution is -2.34. The first kappa shape index (κ1) is 28.7. The fourth-order valence-corrected chi connectivity index (χ4v) is 5.17. The molecule has 0 unspecified atom stereocenters. The molecular formula is C27H27F3N2O5S. The Hall–Kier alpha value is -3.86. The lowest BCUT2D eigenvalue weighted by Gasteiger charge is -2.17.